The summed E-state index contributed by atoms with van der Waals surface area (Å²) in [5.41, 5.74) is 0.637. The van der Waals surface area contributed by atoms with Crippen LogP contribution in [0.2, 0.25) is 0 Å². The fraction of sp³-hybridized carbons (Fsp3) is 0.417. The van der Waals surface area contributed by atoms with Gasteiger partial charge < -0.3 is 10.1 Å². The molecule has 0 fully saturated rings. The lowest BCUT2D eigenvalue weighted by Gasteiger charge is -2.08. The van der Waals surface area contributed by atoms with Gasteiger partial charge in [0.2, 0.25) is 0 Å². The first-order valence-corrected chi connectivity index (χ1v) is 6.18. The van der Waals surface area contributed by atoms with Crippen molar-refractivity contribution in [1.82, 2.24) is 5.32 Å². The summed E-state index contributed by atoms with van der Waals surface area (Å²) in [6, 6.07) is 5.35. The minimum atomic E-state index is -0.0646. The van der Waals surface area contributed by atoms with Gasteiger partial charge in [0.25, 0.3) is 5.91 Å². The Kier molecular flexibility index (Phi) is 5.32. The second kappa shape index (κ2) is 6.53. The van der Waals surface area contributed by atoms with Crippen LogP contribution in [0.5, 0.6) is 5.75 Å². The quantitative estimate of drug-likeness (QED) is 0.903. The van der Waals surface area contributed by atoms with Crippen molar-refractivity contribution in [3.8, 4) is 5.75 Å². The molecule has 0 bridgehead atoms. The van der Waals surface area contributed by atoms with E-state index in [-0.39, 0.29) is 5.91 Å². The van der Waals surface area contributed by atoms with E-state index in [4.69, 9.17) is 4.74 Å². The van der Waals surface area contributed by atoms with Crippen molar-refractivity contribution in [2.45, 2.75) is 20.3 Å². The standard InChI is InChI=1S/C12H16BrNO2/c1-3-7-16-11-6-5-9(8-10(11)13)12(15)14-4-2/h5-6,8H,3-4,7H2,1-2H3,(H,14,15). The fourth-order valence-corrected chi connectivity index (χ4v) is 1.73. The van der Waals surface area contributed by atoms with Crippen LogP contribution < -0.4 is 10.1 Å². The molecule has 4 heteroatoms. The van der Waals surface area contributed by atoms with Gasteiger partial charge in [-0.2, -0.15) is 0 Å². The molecule has 88 valence electrons. The highest BCUT2D eigenvalue weighted by Crippen LogP contribution is 2.26. The van der Waals surface area contributed by atoms with Crippen molar-refractivity contribution in [1.29, 1.82) is 0 Å². The van der Waals surface area contributed by atoms with Crippen LogP contribution in [0.25, 0.3) is 0 Å². The highest BCUT2D eigenvalue weighted by Gasteiger charge is 2.07. The van der Waals surface area contributed by atoms with E-state index in [1.807, 2.05) is 13.0 Å². The summed E-state index contributed by atoms with van der Waals surface area (Å²) >= 11 is 3.39. The van der Waals surface area contributed by atoms with Crippen molar-refractivity contribution in [3.63, 3.8) is 0 Å². The van der Waals surface area contributed by atoms with E-state index in [1.54, 1.807) is 12.1 Å². The maximum Gasteiger partial charge on any atom is 0.251 e. The summed E-state index contributed by atoms with van der Waals surface area (Å²) in [5, 5.41) is 2.75. The second-order valence-electron chi connectivity index (χ2n) is 3.35. The van der Waals surface area contributed by atoms with Gasteiger partial charge in [0.05, 0.1) is 11.1 Å². The van der Waals surface area contributed by atoms with Gasteiger partial charge in [0.1, 0.15) is 5.75 Å². The Labute approximate surface area is 104 Å². The SMILES string of the molecule is CCCOc1ccc(C(=O)NCC)cc1Br. The largest absolute Gasteiger partial charge is 0.492 e. The van der Waals surface area contributed by atoms with Gasteiger partial charge in [-0.1, -0.05) is 6.92 Å². The first-order valence-electron chi connectivity index (χ1n) is 5.39. The number of amides is 1. The van der Waals surface area contributed by atoms with E-state index in [2.05, 4.69) is 28.2 Å². The lowest BCUT2D eigenvalue weighted by molar-refractivity contribution is 0.0955. The Morgan fingerprint density at radius 2 is 2.19 bits per heavy atom. The molecule has 0 atom stereocenters. The smallest absolute Gasteiger partial charge is 0.251 e. The molecule has 0 spiro atoms. The summed E-state index contributed by atoms with van der Waals surface area (Å²) < 4.78 is 6.31. The third kappa shape index (κ3) is 3.52. The number of halogens is 1. The molecule has 1 rings (SSSR count). The second-order valence-corrected chi connectivity index (χ2v) is 4.21. The van der Waals surface area contributed by atoms with Gasteiger partial charge in [-0.15, -0.1) is 0 Å². The lowest BCUT2D eigenvalue weighted by atomic mass is 10.2. The molecular formula is C12H16BrNO2. The number of rotatable bonds is 5. The van der Waals surface area contributed by atoms with Crippen LogP contribution in [-0.4, -0.2) is 19.1 Å². The Morgan fingerprint density at radius 1 is 1.44 bits per heavy atom. The monoisotopic (exact) mass is 285 g/mol. The van der Waals surface area contributed by atoms with Gasteiger partial charge >= 0.3 is 0 Å². The summed E-state index contributed by atoms with van der Waals surface area (Å²) in [6.45, 7) is 5.26. The van der Waals surface area contributed by atoms with Crippen LogP contribution in [-0.2, 0) is 0 Å². The van der Waals surface area contributed by atoms with E-state index >= 15 is 0 Å². The number of ether oxygens (including phenoxy) is 1. The molecule has 0 unspecified atom stereocenters. The number of carbonyl (C=O) groups is 1. The van der Waals surface area contributed by atoms with Crippen molar-refractivity contribution >= 4 is 21.8 Å². The Bertz CT molecular complexity index is 366. The predicted octanol–water partition coefficient (Wildman–Crippen LogP) is 2.99. The van der Waals surface area contributed by atoms with Crippen LogP contribution in [0.3, 0.4) is 0 Å². The molecule has 1 N–H and O–H groups in total. The van der Waals surface area contributed by atoms with Crippen LogP contribution >= 0.6 is 15.9 Å². The molecule has 0 aliphatic carbocycles. The molecule has 0 aromatic heterocycles. The Morgan fingerprint density at radius 3 is 2.75 bits per heavy atom. The zero-order chi connectivity index (χ0) is 12.0. The summed E-state index contributed by atoms with van der Waals surface area (Å²) in [6.07, 6.45) is 0.963. The van der Waals surface area contributed by atoms with E-state index < -0.39 is 0 Å². The van der Waals surface area contributed by atoms with Crippen molar-refractivity contribution in [2.75, 3.05) is 13.2 Å². The first kappa shape index (κ1) is 13.0. The molecule has 0 aliphatic heterocycles. The van der Waals surface area contributed by atoms with E-state index in [1.165, 1.54) is 0 Å². The number of hydrogen-bond donors (Lipinski definition) is 1. The Balaban J connectivity index is 2.78. The van der Waals surface area contributed by atoms with Crippen molar-refractivity contribution < 1.29 is 9.53 Å². The highest BCUT2D eigenvalue weighted by atomic mass is 79.9. The van der Waals surface area contributed by atoms with Gasteiger partial charge in [-0.3, -0.25) is 4.79 Å². The molecule has 0 saturated heterocycles. The predicted molar refractivity (Wildman–Crippen MR) is 67.9 cm³/mol. The molecule has 0 saturated carbocycles. The molecule has 0 radical (unpaired) electrons. The molecule has 16 heavy (non-hydrogen) atoms. The average Bonchev–Trinajstić information content (AvgIpc) is 2.27. The Hall–Kier alpha value is -1.03. The lowest BCUT2D eigenvalue weighted by Crippen LogP contribution is -2.22. The third-order valence-electron chi connectivity index (χ3n) is 1.99. The molecule has 0 aliphatic rings. The number of carbonyl (C=O) groups excluding carboxylic acids is 1. The third-order valence-corrected chi connectivity index (χ3v) is 2.61. The zero-order valence-corrected chi connectivity index (χ0v) is 11.1. The van der Waals surface area contributed by atoms with E-state index in [0.717, 1.165) is 16.6 Å². The van der Waals surface area contributed by atoms with Crippen molar-refractivity contribution in [3.05, 3.63) is 28.2 Å². The normalized spacial score (nSPS) is 9.94. The molecule has 0 heterocycles. The minimum absolute atomic E-state index is 0.0646. The average molecular weight is 286 g/mol. The van der Waals surface area contributed by atoms with Gasteiger partial charge in [0, 0.05) is 12.1 Å². The van der Waals surface area contributed by atoms with Crippen molar-refractivity contribution in [2.24, 2.45) is 0 Å². The van der Waals surface area contributed by atoms with Gasteiger partial charge in [0.15, 0.2) is 0 Å². The van der Waals surface area contributed by atoms with Crippen LogP contribution in [0.15, 0.2) is 22.7 Å². The molecular weight excluding hydrogens is 270 g/mol. The summed E-state index contributed by atoms with van der Waals surface area (Å²) in [4.78, 5) is 11.5. The molecule has 3 nitrogen and oxygen atoms in total. The highest BCUT2D eigenvalue weighted by molar-refractivity contribution is 9.10. The molecule has 1 amide bonds. The molecule has 1 aromatic carbocycles. The topological polar surface area (TPSA) is 38.3 Å². The zero-order valence-electron chi connectivity index (χ0n) is 9.55. The fourth-order valence-electron chi connectivity index (χ4n) is 1.23. The van der Waals surface area contributed by atoms with Crippen LogP contribution in [0, 0.1) is 0 Å². The van der Waals surface area contributed by atoms with Crippen LogP contribution in [0.4, 0.5) is 0 Å². The number of hydrogen-bond acceptors (Lipinski definition) is 2. The summed E-state index contributed by atoms with van der Waals surface area (Å²) in [5.74, 6) is 0.708. The minimum Gasteiger partial charge on any atom is -0.492 e. The number of nitrogens with one attached hydrogen (secondary N) is 1. The van der Waals surface area contributed by atoms with Crippen LogP contribution in [0.1, 0.15) is 30.6 Å². The summed E-state index contributed by atoms with van der Waals surface area (Å²) in [7, 11) is 0. The maximum absolute atomic E-state index is 11.5. The van der Waals surface area contributed by atoms with E-state index in [9.17, 15) is 4.79 Å². The maximum atomic E-state index is 11.5. The van der Waals surface area contributed by atoms with Gasteiger partial charge in [-0.25, -0.2) is 0 Å². The molecule has 1 aromatic rings. The van der Waals surface area contributed by atoms with Gasteiger partial charge in [-0.05, 0) is 47.5 Å². The first-order chi connectivity index (χ1) is 7.69. The van der Waals surface area contributed by atoms with E-state index in [0.29, 0.717) is 18.7 Å². The number of benzene rings is 1.